The molecule has 0 unspecified atom stereocenters. The van der Waals surface area contributed by atoms with Crippen LogP contribution in [0, 0.1) is 0 Å². The minimum atomic E-state index is -0.896. The van der Waals surface area contributed by atoms with Gasteiger partial charge < -0.3 is 9.52 Å². The Kier molecular flexibility index (Phi) is 4.85. The van der Waals surface area contributed by atoms with Crippen LogP contribution < -0.4 is 4.94 Å². The Balaban J connectivity index is 2.11. The molecule has 2 aromatic rings. The second-order valence-corrected chi connectivity index (χ2v) is 6.34. The second-order valence-electron chi connectivity index (χ2n) is 3.85. The molecule has 1 heterocycles. The SMILES string of the molecule is O=C(O)CCSCC(=O)c1cc2sc(=O)oc2cc1Cl. The molecule has 1 N–H and O–H groups in total. The number of benzene rings is 1. The predicted octanol–water partition coefficient (Wildman–Crippen LogP) is 2.90. The minimum Gasteiger partial charge on any atom is -0.481 e. The maximum atomic E-state index is 12.0. The van der Waals surface area contributed by atoms with Crippen molar-refractivity contribution < 1.29 is 19.1 Å². The molecule has 0 amide bonds. The quantitative estimate of drug-likeness (QED) is 0.646. The van der Waals surface area contributed by atoms with Gasteiger partial charge in [-0.1, -0.05) is 22.9 Å². The van der Waals surface area contributed by atoms with Gasteiger partial charge in [0.25, 0.3) is 0 Å². The van der Waals surface area contributed by atoms with E-state index < -0.39 is 10.9 Å². The molecule has 0 saturated heterocycles. The molecular weight excluding hydrogens is 324 g/mol. The molecule has 8 heteroatoms. The summed E-state index contributed by atoms with van der Waals surface area (Å²) in [5.74, 6) is -0.591. The van der Waals surface area contributed by atoms with Crippen molar-refractivity contribution in [2.24, 2.45) is 0 Å². The van der Waals surface area contributed by atoms with Crippen LogP contribution in [0.2, 0.25) is 5.02 Å². The van der Waals surface area contributed by atoms with Crippen molar-refractivity contribution in [1.82, 2.24) is 0 Å². The van der Waals surface area contributed by atoms with Crippen LogP contribution in [0.15, 0.2) is 21.3 Å². The highest BCUT2D eigenvalue weighted by Gasteiger charge is 2.14. The summed E-state index contributed by atoms with van der Waals surface area (Å²) in [7, 11) is 0. The summed E-state index contributed by atoms with van der Waals surface area (Å²) in [4.78, 5) is 33.0. The molecule has 20 heavy (non-hydrogen) atoms. The number of ketones is 1. The van der Waals surface area contributed by atoms with Crippen LogP contribution in [0.3, 0.4) is 0 Å². The number of rotatable bonds is 6. The fourth-order valence-corrected chi connectivity index (χ4v) is 3.26. The van der Waals surface area contributed by atoms with Gasteiger partial charge in [-0.05, 0) is 6.07 Å². The van der Waals surface area contributed by atoms with Crippen molar-refractivity contribution >= 4 is 56.7 Å². The van der Waals surface area contributed by atoms with E-state index in [1.54, 1.807) is 0 Å². The number of fused-ring (bicyclic) bond motifs is 1. The van der Waals surface area contributed by atoms with Crippen LogP contribution in [0.5, 0.6) is 0 Å². The first-order valence-corrected chi connectivity index (χ1v) is 7.88. The summed E-state index contributed by atoms with van der Waals surface area (Å²) in [6, 6.07) is 2.98. The van der Waals surface area contributed by atoms with E-state index >= 15 is 0 Å². The molecule has 1 aromatic carbocycles. The van der Waals surface area contributed by atoms with Gasteiger partial charge in [0.15, 0.2) is 11.4 Å². The second kappa shape index (κ2) is 6.43. The van der Waals surface area contributed by atoms with Gasteiger partial charge >= 0.3 is 10.9 Å². The average Bonchev–Trinajstić information content (AvgIpc) is 2.72. The fourth-order valence-electron chi connectivity index (χ4n) is 1.51. The maximum absolute atomic E-state index is 12.0. The summed E-state index contributed by atoms with van der Waals surface area (Å²) in [5.41, 5.74) is 0.680. The lowest BCUT2D eigenvalue weighted by Gasteiger charge is -2.03. The monoisotopic (exact) mass is 332 g/mol. The number of aliphatic carboxylic acids is 1. The molecule has 0 saturated carbocycles. The number of carbonyl (C=O) groups is 2. The third kappa shape index (κ3) is 3.62. The van der Waals surface area contributed by atoms with Gasteiger partial charge in [0.2, 0.25) is 0 Å². The normalized spacial score (nSPS) is 10.8. The topological polar surface area (TPSA) is 84.6 Å². The number of carboxylic acids is 1. The van der Waals surface area contributed by atoms with Crippen LogP contribution >= 0.6 is 34.7 Å². The Labute approximate surface area is 126 Å². The zero-order valence-corrected chi connectivity index (χ0v) is 12.4. The number of carboxylic acid groups (broad SMARTS) is 1. The van der Waals surface area contributed by atoms with Crippen LogP contribution in [-0.4, -0.2) is 28.4 Å². The number of halogens is 1. The number of hydrogen-bond acceptors (Lipinski definition) is 6. The standard InChI is InChI=1S/C12H9ClO5S2/c13-7-4-9-10(20-12(17)18-9)3-6(7)8(14)5-19-2-1-11(15)16/h3-4H,1-2,5H2,(H,15,16). The Morgan fingerprint density at radius 1 is 1.40 bits per heavy atom. The summed E-state index contributed by atoms with van der Waals surface area (Å²) in [5, 5.41) is 8.73. The molecule has 1 aromatic heterocycles. The summed E-state index contributed by atoms with van der Waals surface area (Å²) < 4.78 is 5.47. The van der Waals surface area contributed by atoms with Crippen LogP contribution in [0.1, 0.15) is 16.8 Å². The molecule has 0 atom stereocenters. The van der Waals surface area contributed by atoms with Gasteiger partial charge in [0.1, 0.15) is 0 Å². The van der Waals surface area contributed by atoms with E-state index in [4.69, 9.17) is 21.1 Å². The molecule has 0 aliphatic rings. The Bertz CT molecular complexity index is 718. The number of hydrogen-bond donors (Lipinski definition) is 1. The number of carbonyl (C=O) groups excluding carboxylic acids is 1. The van der Waals surface area contributed by atoms with Gasteiger partial charge in [-0.15, -0.1) is 0 Å². The van der Waals surface area contributed by atoms with Gasteiger partial charge in [-0.25, -0.2) is 4.79 Å². The molecule has 5 nitrogen and oxygen atoms in total. The van der Waals surface area contributed by atoms with E-state index in [-0.39, 0.29) is 23.0 Å². The minimum absolute atomic E-state index is 0.00800. The van der Waals surface area contributed by atoms with E-state index in [1.807, 2.05) is 0 Å². The lowest BCUT2D eigenvalue weighted by atomic mass is 10.1. The third-order valence-electron chi connectivity index (χ3n) is 2.41. The van der Waals surface area contributed by atoms with Gasteiger partial charge in [-0.2, -0.15) is 11.8 Å². The van der Waals surface area contributed by atoms with Crippen molar-refractivity contribution in [3.05, 3.63) is 32.5 Å². The molecule has 0 fully saturated rings. The average molecular weight is 333 g/mol. The van der Waals surface area contributed by atoms with Gasteiger partial charge in [0, 0.05) is 17.4 Å². The lowest BCUT2D eigenvalue weighted by Crippen LogP contribution is -2.05. The lowest BCUT2D eigenvalue weighted by molar-refractivity contribution is -0.136. The molecule has 0 bridgehead atoms. The molecule has 0 spiro atoms. The van der Waals surface area contributed by atoms with Crippen molar-refractivity contribution in [2.45, 2.75) is 6.42 Å². The smallest absolute Gasteiger partial charge is 0.396 e. The van der Waals surface area contributed by atoms with Gasteiger partial charge in [0.05, 0.1) is 21.9 Å². The van der Waals surface area contributed by atoms with Crippen molar-refractivity contribution in [1.29, 1.82) is 0 Å². The van der Waals surface area contributed by atoms with E-state index in [0.717, 1.165) is 11.3 Å². The summed E-state index contributed by atoms with van der Waals surface area (Å²) >= 11 is 8.13. The van der Waals surface area contributed by atoms with Crippen molar-refractivity contribution in [2.75, 3.05) is 11.5 Å². The maximum Gasteiger partial charge on any atom is 0.396 e. The first-order chi connectivity index (χ1) is 9.47. The van der Waals surface area contributed by atoms with E-state index in [9.17, 15) is 14.4 Å². The molecule has 0 aliphatic heterocycles. The number of Topliss-reactive ketones (excluding diaryl/α,β-unsaturated/α-hetero) is 1. The van der Waals surface area contributed by atoms with Crippen LogP contribution in [-0.2, 0) is 4.79 Å². The largest absolute Gasteiger partial charge is 0.481 e. The zero-order valence-electron chi connectivity index (χ0n) is 10.1. The first kappa shape index (κ1) is 15.1. The van der Waals surface area contributed by atoms with Gasteiger partial charge in [-0.3, -0.25) is 9.59 Å². The predicted molar refractivity (Wildman–Crippen MR) is 79.3 cm³/mol. The molecule has 0 radical (unpaired) electrons. The molecule has 106 valence electrons. The van der Waals surface area contributed by atoms with E-state index in [2.05, 4.69) is 0 Å². The Morgan fingerprint density at radius 3 is 2.85 bits per heavy atom. The van der Waals surface area contributed by atoms with Crippen LogP contribution in [0.25, 0.3) is 10.3 Å². The highest BCUT2D eigenvalue weighted by molar-refractivity contribution is 8.00. The Hall–Kier alpha value is -1.31. The molecule has 0 aliphatic carbocycles. The molecule has 2 rings (SSSR count). The Morgan fingerprint density at radius 2 is 2.15 bits per heavy atom. The van der Waals surface area contributed by atoms with Crippen LogP contribution in [0.4, 0.5) is 0 Å². The number of thioether (sulfide) groups is 1. The molecular formula is C12H9ClO5S2. The third-order valence-corrected chi connectivity index (χ3v) is 4.47. The van der Waals surface area contributed by atoms with Crippen molar-refractivity contribution in [3.63, 3.8) is 0 Å². The zero-order chi connectivity index (χ0) is 14.7. The summed E-state index contributed by atoms with van der Waals surface area (Å²) in [6.45, 7) is 0. The first-order valence-electron chi connectivity index (χ1n) is 5.53. The van der Waals surface area contributed by atoms with E-state index in [0.29, 0.717) is 21.6 Å². The van der Waals surface area contributed by atoms with Crippen molar-refractivity contribution in [3.8, 4) is 0 Å². The highest BCUT2D eigenvalue weighted by Crippen LogP contribution is 2.26. The fraction of sp³-hybridized carbons (Fsp3) is 0.250. The van der Waals surface area contributed by atoms with E-state index in [1.165, 1.54) is 23.9 Å². The highest BCUT2D eigenvalue weighted by atomic mass is 35.5. The summed E-state index contributed by atoms with van der Waals surface area (Å²) in [6.07, 6.45) is 0.00800.